The first kappa shape index (κ1) is 33.3. The van der Waals surface area contributed by atoms with Crippen molar-refractivity contribution in [1.29, 1.82) is 0 Å². The predicted molar refractivity (Wildman–Crippen MR) is 162 cm³/mol. The zero-order chi connectivity index (χ0) is 28.2. The third-order valence-electron chi connectivity index (χ3n) is 7.56. The summed E-state index contributed by atoms with van der Waals surface area (Å²) in [4.78, 5) is 16.4. The van der Waals surface area contributed by atoms with Gasteiger partial charge >= 0.3 is 140 Å². The van der Waals surface area contributed by atoms with Crippen LogP contribution in [0.3, 0.4) is 0 Å². The summed E-state index contributed by atoms with van der Waals surface area (Å²) in [5, 5.41) is 12.1. The van der Waals surface area contributed by atoms with Gasteiger partial charge in [-0.25, -0.2) is 0 Å². The van der Waals surface area contributed by atoms with Gasteiger partial charge in [0.05, 0.1) is 5.76 Å². The van der Waals surface area contributed by atoms with E-state index in [2.05, 4.69) is 66.4 Å². The van der Waals surface area contributed by atoms with Gasteiger partial charge in [0.15, 0.2) is 5.78 Å². The maximum Gasteiger partial charge on any atom is 0 e. The Morgan fingerprint density at radius 3 is 2.21 bits per heavy atom. The van der Waals surface area contributed by atoms with Gasteiger partial charge in [-0.3, -0.25) is 4.79 Å². The number of hydrogen-bond acceptors (Lipinski definition) is 4. The van der Waals surface area contributed by atoms with Gasteiger partial charge in [0, 0.05) is 38.0 Å². The first-order valence-corrected chi connectivity index (χ1v) is 21.4. The van der Waals surface area contributed by atoms with Gasteiger partial charge in [0.2, 0.25) is 0 Å². The van der Waals surface area contributed by atoms with Crippen molar-refractivity contribution in [1.82, 2.24) is 4.98 Å². The van der Waals surface area contributed by atoms with Crippen molar-refractivity contribution in [2.75, 3.05) is 0 Å². The van der Waals surface area contributed by atoms with E-state index in [1.54, 1.807) is 0 Å². The molecule has 0 saturated heterocycles. The number of ketones is 1. The molecule has 0 fully saturated rings. The predicted octanol–water partition coefficient (Wildman–Crippen LogP) is 8.84. The topological polar surface area (TPSA) is 59.4 Å². The summed E-state index contributed by atoms with van der Waals surface area (Å²) in [5.41, 5.74) is 4.25. The van der Waals surface area contributed by atoms with E-state index in [4.69, 9.17) is 4.74 Å². The second-order valence-corrected chi connectivity index (χ2v) is 22.1. The van der Waals surface area contributed by atoms with Crippen LogP contribution in [-0.2, 0) is 24.9 Å². The third kappa shape index (κ3) is 7.62. The number of fused-ring (bicyclic) bond motifs is 2. The Balaban J connectivity index is 0.000000294. The summed E-state index contributed by atoms with van der Waals surface area (Å²) in [5.74, 6) is 9.64. The van der Waals surface area contributed by atoms with Crippen LogP contribution in [0.15, 0.2) is 42.3 Å². The molecule has 6 heteroatoms. The Hall–Kier alpha value is -1.95. The van der Waals surface area contributed by atoms with Crippen LogP contribution in [0.4, 0.5) is 0 Å². The molecular weight excluding hydrogens is 723 g/mol. The van der Waals surface area contributed by atoms with Crippen molar-refractivity contribution < 1.29 is 34.7 Å². The number of nitrogens with zero attached hydrogens (tertiary/aromatic N) is 1. The third-order valence-corrected chi connectivity index (χ3v) is 11.8. The van der Waals surface area contributed by atoms with Gasteiger partial charge in [-0.05, 0) is 25.7 Å². The van der Waals surface area contributed by atoms with Crippen LogP contribution in [0, 0.1) is 31.7 Å². The minimum absolute atomic E-state index is 0. The Labute approximate surface area is 251 Å². The average Bonchev–Trinajstić information content (AvgIpc) is 2.86. The van der Waals surface area contributed by atoms with Gasteiger partial charge < -0.3 is 5.11 Å². The Morgan fingerprint density at radius 2 is 1.64 bits per heavy atom. The molecule has 0 aliphatic carbocycles. The molecule has 1 N–H and O–H groups in total. The quantitative estimate of drug-likeness (QED) is 0.0843. The summed E-state index contributed by atoms with van der Waals surface area (Å²) < 4.78 is 7.79. The molecule has 39 heavy (non-hydrogen) atoms. The number of carbonyl (C=O) groups is 1. The SMILES string of the molecule is CCC(CC)C(=O)/C=C(\O)C(CC)CC.Cc1[c-]c2c(c(C)c1)Oc1c[c]([Ge]([CH3])([CH3])[CH3])cc3ccnc-2c13.[Ir]. The maximum atomic E-state index is 11.7. The minimum Gasteiger partial charge on any atom is 0 e. The fourth-order valence-electron chi connectivity index (χ4n) is 5.05. The number of carbonyl (C=O) groups excluding carboxylic acids is 1. The molecule has 0 atom stereocenters. The van der Waals surface area contributed by atoms with Crippen molar-refractivity contribution in [3.05, 3.63) is 59.5 Å². The van der Waals surface area contributed by atoms with Crippen molar-refractivity contribution in [3.8, 4) is 22.8 Å². The summed E-state index contributed by atoms with van der Waals surface area (Å²) >= 11 is -1.94. The smallest absolute Gasteiger partial charge is 0 e. The Morgan fingerprint density at radius 1 is 1.03 bits per heavy atom. The molecule has 4 nitrogen and oxygen atoms in total. The number of rotatable bonds is 8. The number of aryl methyl sites for hydroxylation is 2. The Kier molecular flexibility index (Phi) is 12.0. The zero-order valence-electron chi connectivity index (χ0n) is 25.0. The molecule has 0 amide bonds. The van der Waals surface area contributed by atoms with Gasteiger partial charge in [-0.1, -0.05) is 27.7 Å². The fourth-order valence-corrected chi connectivity index (χ4v) is 7.47. The Bertz CT molecular complexity index is 1340. The molecule has 0 saturated carbocycles. The molecule has 0 spiro atoms. The molecule has 1 aliphatic rings. The van der Waals surface area contributed by atoms with Crippen molar-refractivity contribution in [2.24, 2.45) is 11.8 Å². The monoisotopic (exact) mass is 769 g/mol. The minimum atomic E-state index is -1.94. The van der Waals surface area contributed by atoms with Crippen LogP contribution in [0.1, 0.15) is 64.5 Å². The second kappa shape index (κ2) is 14.1. The van der Waals surface area contributed by atoms with E-state index >= 15 is 0 Å². The van der Waals surface area contributed by atoms with Crippen LogP contribution in [0.5, 0.6) is 11.5 Å². The van der Waals surface area contributed by atoms with Crippen LogP contribution in [-0.4, -0.2) is 29.1 Å². The van der Waals surface area contributed by atoms with E-state index in [0.29, 0.717) is 0 Å². The maximum absolute atomic E-state index is 11.7. The molecule has 2 aromatic carbocycles. The van der Waals surface area contributed by atoms with Gasteiger partial charge in [-0.2, -0.15) is 0 Å². The second-order valence-electron chi connectivity index (χ2n) is 11.4. The zero-order valence-corrected chi connectivity index (χ0v) is 29.5. The van der Waals surface area contributed by atoms with Crippen LogP contribution in [0.25, 0.3) is 22.0 Å². The van der Waals surface area contributed by atoms with E-state index in [0.717, 1.165) is 65.0 Å². The summed E-state index contributed by atoms with van der Waals surface area (Å²) in [6, 6.07) is 12.2. The van der Waals surface area contributed by atoms with Gasteiger partial charge in [-0.15, -0.1) is 0 Å². The van der Waals surface area contributed by atoms with E-state index in [1.165, 1.54) is 15.9 Å². The molecule has 0 bridgehead atoms. The van der Waals surface area contributed by atoms with Gasteiger partial charge in [0.25, 0.3) is 0 Å². The molecule has 1 aliphatic heterocycles. The number of benzene rings is 2. The number of aromatic nitrogens is 1. The number of pyridine rings is 1. The summed E-state index contributed by atoms with van der Waals surface area (Å²) in [6.07, 6.45) is 6.81. The molecule has 0 unspecified atom stereocenters. The summed E-state index contributed by atoms with van der Waals surface area (Å²) in [6.45, 7) is 12.2. The van der Waals surface area contributed by atoms with Crippen LogP contribution < -0.4 is 9.13 Å². The van der Waals surface area contributed by atoms with Crippen molar-refractivity contribution >= 4 is 34.2 Å². The molecule has 213 valence electrons. The number of ether oxygens (including phenoxy) is 1. The van der Waals surface area contributed by atoms with Crippen LogP contribution >= 0.6 is 0 Å². The number of aliphatic hydroxyl groups is 1. The number of hydrogen-bond donors (Lipinski definition) is 1. The average molecular weight is 768 g/mol. The van der Waals surface area contributed by atoms with Crippen molar-refractivity contribution in [2.45, 2.75) is 84.5 Å². The molecule has 4 rings (SSSR count). The van der Waals surface area contributed by atoms with E-state index in [1.807, 2.05) is 33.9 Å². The molecule has 1 aromatic heterocycles. The number of allylic oxidation sites excluding steroid dienone is 2. The standard InChI is InChI=1S/C20H20GeNO.C13H24O2.Ir/c1-12-8-13(2)20-16(9-12)19-18-14(6-7-22-19)10-15(21(3,4)5)11-17(18)23-20;1-5-10(6-2)12(14)9-13(15)11(7-3)8-4;/h6-8,10-11H,1-5H3;9-11,14H,5-8H2,1-4H3;/q-1;;/b;12-9-;. The molecule has 2 heterocycles. The fraction of sp³-hybridized carbons (Fsp3) is 0.455. The number of aliphatic hydroxyl groups excluding tert-OH is 1. The largest absolute Gasteiger partial charge is 0 e. The normalized spacial score (nSPS) is 12.4. The van der Waals surface area contributed by atoms with E-state index in [9.17, 15) is 9.90 Å². The van der Waals surface area contributed by atoms with Crippen molar-refractivity contribution in [3.63, 3.8) is 0 Å². The van der Waals surface area contributed by atoms with Gasteiger partial charge in [0.1, 0.15) is 0 Å². The first-order chi connectivity index (χ1) is 17.9. The molecular formula is C33H44GeIrNO3-. The first-order valence-electron chi connectivity index (χ1n) is 14.0. The van der Waals surface area contributed by atoms with E-state index < -0.39 is 13.3 Å². The molecule has 1 radical (unpaired) electrons. The summed E-state index contributed by atoms with van der Waals surface area (Å²) in [7, 11) is 0. The van der Waals surface area contributed by atoms with Crippen LogP contribution in [0.2, 0.25) is 17.3 Å². The molecule has 3 aromatic rings. The van der Waals surface area contributed by atoms with E-state index in [-0.39, 0.29) is 43.5 Å².